The van der Waals surface area contributed by atoms with E-state index in [1.807, 2.05) is 0 Å². The van der Waals surface area contributed by atoms with Crippen LogP contribution in [0.15, 0.2) is 121 Å². The molecule has 8 heteroatoms. The monoisotopic (exact) mass is 622 g/mol. The first kappa shape index (κ1) is 34.1. The van der Waals surface area contributed by atoms with E-state index in [-0.39, 0.29) is 5.75 Å². The van der Waals surface area contributed by atoms with Gasteiger partial charge in [-0.3, -0.25) is 0 Å². The lowest BCUT2D eigenvalue weighted by Gasteiger charge is -2.40. The van der Waals surface area contributed by atoms with E-state index in [1.165, 1.54) is 34.4 Å². The Hall–Kier alpha value is -2.43. The molecule has 1 N–H and O–H groups in total. The highest BCUT2D eigenvalue weighted by atomic mass is 32.2. The summed E-state index contributed by atoms with van der Waals surface area (Å²) >= 11 is 0. The Bertz CT molecular complexity index is 1310. The first-order chi connectivity index (χ1) is 20.3. The highest BCUT2D eigenvalue weighted by Gasteiger charge is 2.29. The molecule has 0 saturated carbocycles. The van der Waals surface area contributed by atoms with Crippen molar-refractivity contribution in [2.45, 2.75) is 20.8 Å². The van der Waals surface area contributed by atoms with E-state index in [0.29, 0.717) is 0 Å². The first-order valence-electron chi connectivity index (χ1n) is 14.6. The zero-order chi connectivity index (χ0) is 30.3. The van der Waals surface area contributed by atoms with Crippen LogP contribution in [0, 0.1) is 0 Å². The van der Waals surface area contributed by atoms with Gasteiger partial charge in [0, 0.05) is 26.5 Å². The molecule has 0 amide bonds. The lowest BCUT2D eigenvalue weighted by molar-refractivity contribution is -0.912. The fourth-order valence-corrected chi connectivity index (χ4v) is 9.63. The van der Waals surface area contributed by atoms with Crippen molar-refractivity contribution in [2.75, 3.05) is 44.5 Å². The van der Waals surface area contributed by atoms with Crippen molar-refractivity contribution in [2.24, 2.45) is 0 Å². The molecule has 4 aromatic carbocycles. The van der Waals surface area contributed by atoms with Crippen molar-refractivity contribution in [3.05, 3.63) is 121 Å². The van der Waals surface area contributed by atoms with Crippen molar-refractivity contribution in [1.29, 1.82) is 0 Å². The summed E-state index contributed by atoms with van der Waals surface area (Å²) in [5.41, 5.74) is 0. The Morgan fingerprint density at radius 2 is 0.952 bits per heavy atom. The van der Waals surface area contributed by atoms with Crippen molar-refractivity contribution < 1.29 is 17.5 Å². The summed E-state index contributed by atoms with van der Waals surface area (Å²) in [7, 11) is -4.73. The first-order valence-corrected chi connectivity index (χ1v) is 19.2. The molecule has 0 aliphatic rings. The summed E-state index contributed by atoms with van der Waals surface area (Å²) in [6.45, 7) is 10.5. The van der Waals surface area contributed by atoms with E-state index in [1.54, 1.807) is 0 Å². The van der Waals surface area contributed by atoms with Gasteiger partial charge in [-0.05, 0) is 43.0 Å². The second-order valence-corrected chi connectivity index (χ2v) is 16.1. The Labute approximate surface area is 255 Å². The maximum atomic E-state index is 9.44. The number of nitrogens with zero attached hydrogens (tertiary/aromatic N) is 1. The number of hydrogen-bond donors (Lipinski definition) is 1. The number of likely N-dealkylation sites (N-methyl/N-ethyl adjacent to an activating group) is 1. The minimum Gasteiger partial charge on any atom is -0.748 e. The van der Waals surface area contributed by atoms with E-state index < -0.39 is 26.0 Å². The lowest BCUT2D eigenvalue weighted by Crippen LogP contribution is -2.52. The van der Waals surface area contributed by atoms with Crippen LogP contribution < -0.4 is 26.5 Å². The second-order valence-electron chi connectivity index (χ2n) is 10.0. The number of hydrogen-bond acceptors (Lipinski definition) is 4. The molecule has 5 nitrogen and oxygen atoms in total. The molecule has 4 aromatic rings. The molecule has 0 unspecified atom stereocenters. The molecule has 0 atom stereocenters. The molecule has 0 saturated heterocycles. The van der Waals surface area contributed by atoms with Gasteiger partial charge in [-0.1, -0.05) is 128 Å². The number of quaternary nitrogens is 1. The molecule has 0 aliphatic heterocycles. The van der Waals surface area contributed by atoms with Gasteiger partial charge in [0.2, 0.25) is 0 Å². The van der Waals surface area contributed by atoms with Crippen LogP contribution in [0.1, 0.15) is 20.8 Å². The van der Waals surface area contributed by atoms with E-state index in [2.05, 4.69) is 140 Å². The molecular weight excluding hydrogens is 578 g/mol. The fraction of sp³-hybridized carbons (Fsp3) is 0.294. The van der Waals surface area contributed by atoms with Crippen molar-refractivity contribution >= 4 is 47.2 Å². The summed E-state index contributed by atoms with van der Waals surface area (Å²) in [5, 5.41) is 9.72. The fourth-order valence-electron chi connectivity index (χ4n) is 4.69. The summed E-state index contributed by atoms with van der Waals surface area (Å²) in [6.07, 6.45) is 2.20. The molecular formula is C34H44N2O3P2S. The number of benzene rings is 4. The van der Waals surface area contributed by atoms with Gasteiger partial charge in [0.25, 0.3) is 0 Å². The maximum Gasteiger partial charge on any atom is 0.105 e. The molecule has 4 rings (SSSR count). The van der Waals surface area contributed by atoms with Gasteiger partial charge < -0.3 is 14.4 Å². The van der Waals surface area contributed by atoms with Crippen LogP contribution in [0.2, 0.25) is 0 Å². The number of rotatable bonds is 14. The third-order valence-corrected chi connectivity index (χ3v) is 13.3. The molecule has 0 radical (unpaired) electrons. The average Bonchev–Trinajstić information content (AvgIpc) is 3.04. The van der Waals surface area contributed by atoms with Gasteiger partial charge in [0.05, 0.1) is 29.8 Å². The SMILES string of the molecule is CCS(=O)(=O)[O-].CC[N+](CC)(CCNCP(c1ccccc1)c1ccccc1)CP(c1ccccc1)c1ccccc1. The van der Waals surface area contributed by atoms with Gasteiger partial charge in [-0.25, -0.2) is 8.42 Å². The molecule has 0 spiro atoms. The second kappa shape index (κ2) is 17.6. The summed E-state index contributed by atoms with van der Waals surface area (Å²) in [6, 6.07) is 44.3. The quantitative estimate of drug-likeness (QED) is 0.0913. The standard InChI is InChI=1S/C32H39N2P2.C2H6O3S/c1-3-34(4-2,28-36(31-21-13-7-14-22-31)32-23-15-8-16-24-32)26-25-33-27-35(29-17-9-5-10-18-29)30-19-11-6-12-20-30;1-2-6(3,4)5/h5-24,33H,3-4,25-28H2,1-2H3;2H2,1H3,(H,3,4,5)/q+1;/p-1. The number of nitrogens with one attached hydrogen (secondary N) is 1. The van der Waals surface area contributed by atoms with Crippen molar-refractivity contribution in [3.63, 3.8) is 0 Å². The summed E-state index contributed by atoms with van der Waals surface area (Å²) in [4.78, 5) is 0. The maximum absolute atomic E-state index is 9.44. The smallest absolute Gasteiger partial charge is 0.105 e. The Balaban J connectivity index is 0.000000730. The molecule has 224 valence electrons. The van der Waals surface area contributed by atoms with Crippen molar-refractivity contribution in [1.82, 2.24) is 5.32 Å². The van der Waals surface area contributed by atoms with Gasteiger partial charge in [0.15, 0.2) is 0 Å². The Kier molecular flexibility index (Phi) is 14.3. The van der Waals surface area contributed by atoms with E-state index in [0.717, 1.165) is 36.9 Å². The largest absolute Gasteiger partial charge is 0.748 e. The highest BCUT2D eigenvalue weighted by Crippen LogP contribution is 2.37. The van der Waals surface area contributed by atoms with Crippen LogP contribution in [0.25, 0.3) is 0 Å². The van der Waals surface area contributed by atoms with Crippen LogP contribution in [-0.2, 0) is 10.1 Å². The Morgan fingerprint density at radius 1 is 0.619 bits per heavy atom. The summed E-state index contributed by atoms with van der Waals surface area (Å²) in [5.74, 6) is -0.312. The third-order valence-electron chi connectivity index (χ3n) is 7.44. The molecule has 0 bridgehead atoms. The summed E-state index contributed by atoms with van der Waals surface area (Å²) < 4.78 is 29.5. The molecule has 42 heavy (non-hydrogen) atoms. The third kappa shape index (κ3) is 11.0. The highest BCUT2D eigenvalue weighted by molar-refractivity contribution is 7.85. The van der Waals surface area contributed by atoms with Crippen LogP contribution in [0.3, 0.4) is 0 Å². The van der Waals surface area contributed by atoms with Crippen LogP contribution in [0.5, 0.6) is 0 Å². The molecule has 0 heterocycles. The van der Waals surface area contributed by atoms with Crippen LogP contribution in [-0.4, -0.2) is 62.0 Å². The minimum absolute atomic E-state index is 0.312. The molecule has 0 aliphatic carbocycles. The van der Waals surface area contributed by atoms with Crippen LogP contribution >= 0.6 is 15.8 Å². The van der Waals surface area contributed by atoms with Crippen LogP contribution in [0.4, 0.5) is 0 Å². The zero-order valence-electron chi connectivity index (χ0n) is 25.0. The topological polar surface area (TPSA) is 69.2 Å². The predicted octanol–water partition coefficient (Wildman–Crippen LogP) is 5.16. The Morgan fingerprint density at radius 3 is 1.26 bits per heavy atom. The van der Waals surface area contributed by atoms with Crippen molar-refractivity contribution in [3.8, 4) is 0 Å². The van der Waals surface area contributed by atoms with Gasteiger partial charge in [-0.2, -0.15) is 0 Å². The van der Waals surface area contributed by atoms with E-state index in [4.69, 9.17) is 0 Å². The molecule has 0 aromatic heterocycles. The van der Waals surface area contributed by atoms with Gasteiger partial charge >= 0.3 is 0 Å². The average molecular weight is 623 g/mol. The predicted molar refractivity (Wildman–Crippen MR) is 182 cm³/mol. The van der Waals surface area contributed by atoms with Gasteiger partial charge in [-0.15, -0.1) is 0 Å². The minimum atomic E-state index is -3.91. The normalized spacial score (nSPS) is 11.8. The van der Waals surface area contributed by atoms with E-state index >= 15 is 0 Å². The van der Waals surface area contributed by atoms with Gasteiger partial charge in [0.1, 0.15) is 6.29 Å². The van der Waals surface area contributed by atoms with E-state index in [9.17, 15) is 13.0 Å². The molecule has 0 fully saturated rings. The zero-order valence-corrected chi connectivity index (χ0v) is 27.6. The lowest BCUT2D eigenvalue weighted by atomic mass is 10.4.